The Morgan fingerprint density at radius 3 is 2.07 bits per heavy atom. The normalized spacial score (nSPS) is 19.7. The quantitative estimate of drug-likeness (QED) is 0.634. The van der Waals surface area contributed by atoms with Crippen LogP contribution in [0.25, 0.3) is 0 Å². The zero-order valence-electron chi connectivity index (χ0n) is 15.7. The number of hydrogen-bond donors (Lipinski definition) is 0. The molecular weight excluding hydrogens is 387 g/mol. The van der Waals surface area contributed by atoms with Crippen LogP contribution in [0.1, 0.15) is 12.8 Å². The van der Waals surface area contributed by atoms with Gasteiger partial charge in [-0.05, 0) is 48.5 Å². The van der Waals surface area contributed by atoms with Crippen molar-refractivity contribution in [1.82, 2.24) is 0 Å². The maximum absolute atomic E-state index is 12.2. The lowest BCUT2D eigenvalue weighted by molar-refractivity contribution is -0.274. The molecule has 8 heteroatoms. The minimum Gasteiger partial charge on any atom is -0.491 e. The predicted octanol–water partition coefficient (Wildman–Crippen LogP) is 4.41. The molecule has 5 nitrogen and oxygen atoms in total. The van der Waals surface area contributed by atoms with E-state index in [1.54, 1.807) is 0 Å². The van der Waals surface area contributed by atoms with Crippen LogP contribution in [0, 0.1) is 0 Å². The van der Waals surface area contributed by atoms with Gasteiger partial charge in [0, 0.05) is 31.6 Å². The first-order valence-electron chi connectivity index (χ1n) is 9.56. The topological polar surface area (TPSA) is 43.5 Å². The fourth-order valence-electron chi connectivity index (χ4n) is 3.25. The average molecular weight is 409 g/mol. The van der Waals surface area contributed by atoms with Crippen molar-refractivity contribution in [3.8, 4) is 17.2 Å². The summed E-state index contributed by atoms with van der Waals surface area (Å²) in [6, 6.07) is 13.5. The highest BCUT2D eigenvalue weighted by atomic mass is 19.4. The van der Waals surface area contributed by atoms with Gasteiger partial charge in [-0.15, -0.1) is 13.2 Å². The summed E-state index contributed by atoms with van der Waals surface area (Å²) in [5.74, 6) is 1.12. The molecule has 0 aliphatic carbocycles. The summed E-state index contributed by atoms with van der Waals surface area (Å²) in [5.41, 5.74) is 1.13. The number of nitrogens with zero attached hydrogens (tertiary/aromatic N) is 1. The molecule has 29 heavy (non-hydrogen) atoms. The lowest BCUT2D eigenvalue weighted by Gasteiger charge is -2.33. The number of anilines is 1. The minimum atomic E-state index is -4.69. The van der Waals surface area contributed by atoms with Crippen molar-refractivity contribution in [2.45, 2.75) is 31.4 Å². The molecule has 2 heterocycles. The maximum Gasteiger partial charge on any atom is 0.573 e. The summed E-state index contributed by atoms with van der Waals surface area (Å²) in [7, 11) is 0. The first kappa shape index (κ1) is 19.7. The van der Waals surface area contributed by atoms with Gasteiger partial charge in [0.05, 0.1) is 6.61 Å². The molecule has 2 aromatic rings. The van der Waals surface area contributed by atoms with Gasteiger partial charge in [-0.1, -0.05) is 0 Å². The molecule has 0 saturated carbocycles. The van der Waals surface area contributed by atoms with Crippen molar-refractivity contribution in [2.75, 3.05) is 31.2 Å². The summed E-state index contributed by atoms with van der Waals surface area (Å²) >= 11 is 0. The number of rotatable bonds is 7. The number of epoxide rings is 1. The fourth-order valence-corrected chi connectivity index (χ4v) is 3.25. The Bertz CT molecular complexity index is 783. The lowest BCUT2D eigenvalue weighted by atomic mass is 10.1. The Hall–Kier alpha value is -2.61. The van der Waals surface area contributed by atoms with Gasteiger partial charge < -0.3 is 23.8 Å². The Morgan fingerprint density at radius 1 is 0.897 bits per heavy atom. The molecule has 2 fully saturated rings. The van der Waals surface area contributed by atoms with E-state index in [-0.39, 0.29) is 18.0 Å². The zero-order chi connectivity index (χ0) is 20.3. The Kier molecular flexibility index (Phi) is 5.71. The van der Waals surface area contributed by atoms with Gasteiger partial charge in [0.1, 0.15) is 36.1 Å². The van der Waals surface area contributed by atoms with E-state index in [0.717, 1.165) is 44.0 Å². The van der Waals surface area contributed by atoms with Crippen LogP contribution in [-0.4, -0.2) is 44.9 Å². The molecule has 2 aromatic carbocycles. The highest BCUT2D eigenvalue weighted by Gasteiger charge is 2.31. The van der Waals surface area contributed by atoms with E-state index < -0.39 is 6.36 Å². The Labute approximate surface area is 166 Å². The van der Waals surface area contributed by atoms with Gasteiger partial charge in [0.25, 0.3) is 0 Å². The summed E-state index contributed by atoms with van der Waals surface area (Å²) in [6.45, 7) is 3.05. The molecule has 156 valence electrons. The molecule has 2 saturated heterocycles. The Balaban J connectivity index is 1.23. The van der Waals surface area contributed by atoms with Crippen molar-refractivity contribution in [3.63, 3.8) is 0 Å². The number of alkyl halides is 3. The molecule has 0 amide bonds. The van der Waals surface area contributed by atoms with Crippen molar-refractivity contribution in [1.29, 1.82) is 0 Å². The van der Waals surface area contributed by atoms with Crippen LogP contribution >= 0.6 is 0 Å². The highest BCUT2D eigenvalue weighted by Crippen LogP contribution is 2.28. The third-order valence-electron chi connectivity index (χ3n) is 4.84. The van der Waals surface area contributed by atoms with E-state index >= 15 is 0 Å². The third kappa shape index (κ3) is 5.93. The number of halogens is 3. The molecule has 0 unspecified atom stereocenters. The minimum absolute atomic E-state index is 0.0294. The van der Waals surface area contributed by atoms with E-state index in [1.807, 2.05) is 24.3 Å². The molecule has 1 atom stereocenters. The van der Waals surface area contributed by atoms with Crippen LogP contribution < -0.4 is 19.1 Å². The summed E-state index contributed by atoms with van der Waals surface area (Å²) < 4.78 is 57.2. The molecule has 2 aliphatic rings. The van der Waals surface area contributed by atoms with E-state index in [2.05, 4.69) is 9.64 Å². The van der Waals surface area contributed by atoms with Gasteiger partial charge in [-0.2, -0.15) is 0 Å². The fraction of sp³-hybridized carbons (Fsp3) is 0.429. The summed E-state index contributed by atoms with van der Waals surface area (Å²) in [5, 5.41) is 0. The monoisotopic (exact) mass is 409 g/mol. The van der Waals surface area contributed by atoms with Gasteiger partial charge in [0.15, 0.2) is 0 Å². The smallest absolute Gasteiger partial charge is 0.491 e. The van der Waals surface area contributed by atoms with Gasteiger partial charge in [-0.25, -0.2) is 0 Å². The largest absolute Gasteiger partial charge is 0.573 e. The number of hydrogen-bond acceptors (Lipinski definition) is 5. The van der Waals surface area contributed by atoms with Gasteiger partial charge >= 0.3 is 6.36 Å². The third-order valence-corrected chi connectivity index (χ3v) is 4.84. The van der Waals surface area contributed by atoms with Crippen LogP contribution in [-0.2, 0) is 4.74 Å². The van der Waals surface area contributed by atoms with Gasteiger partial charge in [-0.3, -0.25) is 0 Å². The standard InChI is InChI=1S/C21H22F3NO4/c22-21(23,24)29-19-7-5-17(6-8-19)28-18-9-11-25(12-10-18)15-1-3-16(4-2-15)26-13-20-14-27-20/h1-8,18,20H,9-14H2/t20-/m0/s1. The van der Waals surface area contributed by atoms with Crippen molar-refractivity contribution >= 4 is 5.69 Å². The zero-order valence-corrected chi connectivity index (χ0v) is 15.7. The molecule has 0 aromatic heterocycles. The van der Waals surface area contributed by atoms with Gasteiger partial charge in [0.2, 0.25) is 0 Å². The highest BCUT2D eigenvalue weighted by molar-refractivity contribution is 5.49. The van der Waals surface area contributed by atoms with E-state index in [9.17, 15) is 13.2 Å². The molecule has 0 bridgehead atoms. The second kappa shape index (κ2) is 8.41. The summed E-state index contributed by atoms with van der Waals surface area (Å²) in [4.78, 5) is 2.29. The van der Waals surface area contributed by atoms with E-state index in [4.69, 9.17) is 14.2 Å². The summed E-state index contributed by atoms with van der Waals surface area (Å²) in [6.07, 6.45) is -2.76. The predicted molar refractivity (Wildman–Crippen MR) is 101 cm³/mol. The number of piperidine rings is 1. The van der Waals surface area contributed by atoms with Crippen molar-refractivity contribution in [3.05, 3.63) is 48.5 Å². The van der Waals surface area contributed by atoms with E-state index in [1.165, 1.54) is 24.3 Å². The van der Waals surface area contributed by atoms with Crippen LogP contribution in [0.5, 0.6) is 17.2 Å². The van der Waals surface area contributed by atoms with Crippen LogP contribution in [0.3, 0.4) is 0 Å². The van der Waals surface area contributed by atoms with Crippen molar-refractivity contribution in [2.24, 2.45) is 0 Å². The second-order valence-electron chi connectivity index (χ2n) is 7.08. The second-order valence-corrected chi connectivity index (χ2v) is 7.08. The van der Waals surface area contributed by atoms with Crippen LogP contribution in [0.15, 0.2) is 48.5 Å². The molecule has 2 aliphatic heterocycles. The SMILES string of the molecule is FC(F)(F)Oc1ccc(OC2CCN(c3ccc(OC[C@H]4CO4)cc3)CC2)cc1. The van der Waals surface area contributed by atoms with E-state index in [0.29, 0.717) is 12.4 Å². The maximum atomic E-state index is 12.2. The molecular formula is C21H22F3NO4. The van der Waals surface area contributed by atoms with Crippen LogP contribution in [0.2, 0.25) is 0 Å². The first-order chi connectivity index (χ1) is 13.9. The molecule has 0 radical (unpaired) electrons. The molecule has 0 spiro atoms. The number of benzene rings is 2. The molecule has 0 N–H and O–H groups in total. The lowest BCUT2D eigenvalue weighted by Crippen LogP contribution is -2.38. The van der Waals surface area contributed by atoms with Crippen LogP contribution in [0.4, 0.5) is 18.9 Å². The number of ether oxygens (including phenoxy) is 4. The first-order valence-corrected chi connectivity index (χ1v) is 9.56. The average Bonchev–Trinajstić information content (AvgIpc) is 3.52. The van der Waals surface area contributed by atoms with Crippen molar-refractivity contribution < 1.29 is 32.1 Å². The molecule has 4 rings (SSSR count). The Morgan fingerprint density at radius 2 is 1.48 bits per heavy atom.